The molecule has 1 saturated heterocycles. The third kappa shape index (κ3) is 9.03. The lowest BCUT2D eigenvalue weighted by Crippen LogP contribution is -2.59. The first-order valence-corrected chi connectivity index (χ1v) is 16.9. The molecule has 0 bridgehead atoms. The molecule has 1 aliphatic heterocycles. The summed E-state index contributed by atoms with van der Waals surface area (Å²) in [6, 6.07) is -2.85. The molecule has 3 saturated carbocycles. The van der Waals surface area contributed by atoms with Gasteiger partial charge in [-0.25, -0.2) is 0 Å². The minimum absolute atomic E-state index is 0.0176. The molecule has 11 nitrogen and oxygen atoms in total. The molecule has 4 N–H and O–H groups in total. The fourth-order valence-corrected chi connectivity index (χ4v) is 6.88. The summed E-state index contributed by atoms with van der Waals surface area (Å²) in [4.78, 5) is 81.4. The number of hydrogen-bond acceptors (Lipinski definition) is 6. The standard InChI is InChI=1S/C33H53N5O6/c1-33(2,3)32(44)37-26(21-12-8-9-13-21)31(43)38(4)25(18-20-10-6-5-7-11-20)29(41)36-24(19-22-16-17-34-28(22)40)27(39)30(42)35-23-14-15-23/h20-26H,5-19H2,1-4H3,(H,34,40)(H,35,42)(H,36,41)(H,37,44)/t22-,24-,25-,26+/m0/s1. The number of carbonyl (C=O) groups is 6. The Morgan fingerprint density at radius 2 is 1.50 bits per heavy atom. The van der Waals surface area contributed by atoms with Gasteiger partial charge in [-0.15, -0.1) is 0 Å². The minimum Gasteiger partial charge on any atom is -0.356 e. The molecule has 0 unspecified atom stereocenters. The molecular weight excluding hydrogens is 562 g/mol. The molecule has 4 aliphatic rings. The fraction of sp³-hybridized carbons (Fsp3) is 0.818. The first-order valence-electron chi connectivity index (χ1n) is 16.9. The van der Waals surface area contributed by atoms with Crippen LogP contribution in [0.25, 0.3) is 0 Å². The van der Waals surface area contributed by atoms with Crippen LogP contribution in [-0.2, 0) is 28.8 Å². The monoisotopic (exact) mass is 615 g/mol. The Bertz CT molecular complexity index is 1090. The van der Waals surface area contributed by atoms with Crippen molar-refractivity contribution in [2.45, 2.75) is 135 Å². The lowest BCUT2D eigenvalue weighted by atomic mass is 9.84. The highest BCUT2D eigenvalue weighted by atomic mass is 16.2. The van der Waals surface area contributed by atoms with Crippen molar-refractivity contribution in [2.75, 3.05) is 13.6 Å². The van der Waals surface area contributed by atoms with Gasteiger partial charge >= 0.3 is 0 Å². The van der Waals surface area contributed by atoms with Crippen molar-refractivity contribution in [1.82, 2.24) is 26.2 Å². The summed E-state index contributed by atoms with van der Waals surface area (Å²) in [7, 11) is 1.61. The zero-order chi connectivity index (χ0) is 32.0. The second-order valence-corrected chi connectivity index (χ2v) is 14.6. The van der Waals surface area contributed by atoms with Crippen LogP contribution in [0.3, 0.4) is 0 Å². The summed E-state index contributed by atoms with van der Waals surface area (Å²) in [5.74, 6) is -3.02. The van der Waals surface area contributed by atoms with Crippen molar-refractivity contribution in [3.8, 4) is 0 Å². The molecule has 1 heterocycles. The molecule has 5 amide bonds. The highest BCUT2D eigenvalue weighted by molar-refractivity contribution is 6.38. The average Bonchev–Trinajstić information content (AvgIpc) is 3.45. The number of carbonyl (C=O) groups excluding carboxylic acids is 6. The molecule has 44 heavy (non-hydrogen) atoms. The maximum absolute atomic E-state index is 14.2. The van der Waals surface area contributed by atoms with Crippen molar-refractivity contribution < 1.29 is 28.8 Å². The van der Waals surface area contributed by atoms with E-state index in [1.807, 2.05) is 20.8 Å². The molecule has 4 atom stereocenters. The van der Waals surface area contributed by atoms with Gasteiger partial charge in [-0.2, -0.15) is 0 Å². The van der Waals surface area contributed by atoms with Crippen LogP contribution in [0, 0.1) is 23.2 Å². The second-order valence-electron chi connectivity index (χ2n) is 14.6. The summed E-state index contributed by atoms with van der Waals surface area (Å²) in [5, 5.41) is 11.3. The van der Waals surface area contributed by atoms with Crippen molar-refractivity contribution >= 4 is 35.3 Å². The van der Waals surface area contributed by atoms with E-state index < -0.39 is 47.1 Å². The van der Waals surface area contributed by atoms with Gasteiger partial charge in [-0.05, 0) is 56.8 Å². The normalized spacial score (nSPS) is 23.3. The molecular formula is C33H53N5O6. The lowest BCUT2D eigenvalue weighted by Gasteiger charge is -2.36. The van der Waals surface area contributed by atoms with Gasteiger partial charge in [-0.3, -0.25) is 28.8 Å². The van der Waals surface area contributed by atoms with Gasteiger partial charge in [0.05, 0.1) is 6.04 Å². The van der Waals surface area contributed by atoms with Crippen LogP contribution in [0.1, 0.15) is 111 Å². The molecule has 0 aromatic carbocycles. The van der Waals surface area contributed by atoms with E-state index in [0.717, 1.165) is 70.6 Å². The molecule has 4 fully saturated rings. The van der Waals surface area contributed by atoms with Crippen LogP contribution in [0.5, 0.6) is 0 Å². The number of amides is 5. The molecule has 0 radical (unpaired) electrons. The van der Waals surface area contributed by atoms with Crippen molar-refractivity contribution in [3.63, 3.8) is 0 Å². The second kappa shape index (κ2) is 14.9. The van der Waals surface area contributed by atoms with E-state index in [1.165, 1.54) is 4.90 Å². The zero-order valence-electron chi connectivity index (χ0n) is 27.0. The van der Waals surface area contributed by atoms with Crippen LogP contribution >= 0.6 is 0 Å². The number of rotatable bonds is 13. The zero-order valence-corrected chi connectivity index (χ0v) is 27.0. The number of ketones is 1. The third-order valence-electron chi connectivity index (χ3n) is 9.96. The molecule has 246 valence electrons. The summed E-state index contributed by atoms with van der Waals surface area (Å²) in [6.07, 6.45) is 11.4. The summed E-state index contributed by atoms with van der Waals surface area (Å²) >= 11 is 0. The van der Waals surface area contributed by atoms with Gasteiger partial charge in [0.25, 0.3) is 5.91 Å². The highest BCUT2D eigenvalue weighted by Gasteiger charge is 2.42. The van der Waals surface area contributed by atoms with Gasteiger partial charge < -0.3 is 26.2 Å². The van der Waals surface area contributed by atoms with Gasteiger partial charge in [0.2, 0.25) is 29.4 Å². The molecule has 3 aliphatic carbocycles. The molecule has 0 spiro atoms. The summed E-state index contributed by atoms with van der Waals surface area (Å²) < 4.78 is 0. The van der Waals surface area contributed by atoms with E-state index in [4.69, 9.17) is 0 Å². The Balaban J connectivity index is 1.57. The Morgan fingerprint density at radius 3 is 2.07 bits per heavy atom. The molecule has 11 heteroatoms. The van der Waals surface area contributed by atoms with E-state index in [9.17, 15) is 28.8 Å². The summed E-state index contributed by atoms with van der Waals surface area (Å²) in [6.45, 7) is 5.91. The van der Waals surface area contributed by atoms with Crippen molar-refractivity contribution in [1.29, 1.82) is 0 Å². The van der Waals surface area contributed by atoms with Crippen LogP contribution in [0.15, 0.2) is 0 Å². The van der Waals surface area contributed by atoms with Gasteiger partial charge in [0, 0.05) is 31.0 Å². The Morgan fingerprint density at radius 1 is 0.864 bits per heavy atom. The van der Waals surface area contributed by atoms with Gasteiger partial charge in [0.1, 0.15) is 12.1 Å². The van der Waals surface area contributed by atoms with Crippen LogP contribution in [-0.4, -0.2) is 78.0 Å². The van der Waals surface area contributed by atoms with Crippen molar-refractivity contribution in [2.24, 2.45) is 23.2 Å². The Kier molecular flexibility index (Phi) is 11.5. The van der Waals surface area contributed by atoms with Crippen LogP contribution in [0.4, 0.5) is 0 Å². The number of nitrogens with zero attached hydrogens (tertiary/aromatic N) is 1. The Labute approximate surface area is 261 Å². The van der Waals surface area contributed by atoms with Gasteiger partial charge in [0.15, 0.2) is 0 Å². The predicted molar refractivity (Wildman–Crippen MR) is 165 cm³/mol. The lowest BCUT2D eigenvalue weighted by molar-refractivity contribution is -0.146. The third-order valence-corrected chi connectivity index (χ3v) is 9.96. The van der Waals surface area contributed by atoms with E-state index in [1.54, 1.807) is 7.05 Å². The highest BCUT2D eigenvalue weighted by Crippen LogP contribution is 2.32. The first kappa shape index (κ1) is 33.9. The van der Waals surface area contributed by atoms with Gasteiger partial charge in [-0.1, -0.05) is 65.7 Å². The molecule has 0 aromatic heterocycles. The number of Topliss-reactive ketones (excluding diaryl/α,β-unsaturated/α-hetero) is 1. The van der Waals surface area contributed by atoms with E-state index in [-0.39, 0.29) is 42.0 Å². The van der Waals surface area contributed by atoms with E-state index in [0.29, 0.717) is 19.4 Å². The topological polar surface area (TPSA) is 154 Å². The SMILES string of the molecule is CN(C(=O)[C@H](NC(=O)C(C)(C)C)C1CCCC1)[C@@H](CC1CCCCC1)C(=O)N[C@@H](C[C@@H]1CCNC1=O)C(=O)C(=O)NC1CC1. The largest absolute Gasteiger partial charge is 0.356 e. The predicted octanol–water partition coefficient (Wildman–Crippen LogP) is 2.36. The molecule has 0 aromatic rings. The minimum atomic E-state index is -1.18. The quantitative estimate of drug-likeness (QED) is 0.233. The summed E-state index contributed by atoms with van der Waals surface area (Å²) in [5.41, 5.74) is -0.685. The number of likely N-dealkylation sites (N-methyl/N-ethyl adjacent to an activating group) is 1. The smallest absolute Gasteiger partial charge is 0.289 e. The Hall–Kier alpha value is -2.98. The first-order chi connectivity index (χ1) is 20.8. The average molecular weight is 616 g/mol. The van der Waals surface area contributed by atoms with E-state index >= 15 is 0 Å². The van der Waals surface area contributed by atoms with Crippen molar-refractivity contribution in [3.05, 3.63) is 0 Å². The van der Waals surface area contributed by atoms with Crippen LogP contribution in [0.2, 0.25) is 0 Å². The maximum atomic E-state index is 14.2. The van der Waals surface area contributed by atoms with Crippen LogP contribution < -0.4 is 21.3 Å². The number of nitrogens with one attached hydrogen (secondary N) is 4. The number of hydrogen-bond donors (Lipinski definition) is 4. The van der Waals surface area contributed by atoms with E-state index in [2.05, 4.69) is 21.3 Å². The molecule has 4 rings (SSSR count). The maximum Gasteiger partial charge on any atom is 0.289 e. The fourth-order valence-electron chi connectivity index (χ4n) is 6.88.